The molecule has 6 heteroatoms. The van der Waals surface area contributed by atoms with Crippen molar-refractivity contribution in [1.82, 2.24) is 4.98 Å². The van der Waals surface area contributed by atoms with Crippen LogP contribution in [0.5, 0.6) is 5.75 Å². The van der Waals surface area contributed by atoms with Crippen molar-refractivity contribution >= 4 is 28.6 Å². The molecular formula is C19H14N2O4. The molecular weight excluding hydrogens is 320 g/mol. The number of fused-ring (bicyclic) bond motifs is 1. The Labute approximate surface area is 143 Å². The average molecular weight is 334 g/mol. The summed E-state index contributed by atoms with van der Waals surface area (Å²) in [7, 11) is 0. The number of nitro benzene ring substituents is 1. The molecule has 0 spiro atoms. The van der Waals surface area contributed by atoms with E-state index in [1.54, 1.807) is 19.2 Å². The van der Waals surface area contributed by atoms with Gasteiger partial charge in [-0.2, -0.15) is 0 Å². The molecule has 124 valence electrons. The van der Waals surface area contributed by atoms with Gasteiger partial charge in [-0.25, -0.2) is 4.79 Å². The van der Waals surface area contributed by atoms with Gasteiger partial charge in [0.1, 0.15) is 5.75 Å². The molecule has 0 aliphatic rings. The maximum absolute atomic E-state index is 12.0. The van der Waals surface area contributed by atoms with Crippen LogP contribution in [0.2, 0.25) is 0 Å². The van der Waals surface area contributed by atoms with Gasteiger partial charge < -0.3 is 4.74 Å². The number of esters is 1. The van der Waals surface area contributed by atoms with Gasteiger partial charge in [0.15, 0.2) is 0 Å². The fourth-order valence-electron chi connectivity index (χ4n) is 2.47. The molecule has 0 atom stereocenters. The van der Waals surface area contributed by atoms with Crippen LogP contribution in [0.15, 0.2) is 60.8 Å². The number of nitrogens with zero attached hydrogens (tertiary/aromatic N) is 2. The third-order valence-corrected chi connectivity index (χ3v) is 3.65. The fourth-order valence-corrected chi connectivity index (χ4v) is 2.47. The van der Waals surface area contributed by atoms with Crippen LogP contribution in [-0.4, -0.2) is 15.9 Å². The van der Waals surface area contributed by atoms with E-state index in [9.17, 15) is 14.9 Å². The van der Waals surface area contributed by atoms with Gasteiger partial charge in [-0.3, -0.25) is 15.1 Å². The Bertz CT molecular complexity index is 990. The zero-order chi connectivity index (χ0) is 17.8. The number of rotatable bonds is 4. The minimum absolute atomic E-state index is 0.0165. The Kier molecular flexibility index (Phi) is 4.52. The lowest BCUT2D eigenvalue weighted by molar-refractivity contribution is -0.385. The molecule has 1 aromatic heterocycles. The number of carbonyl (C=O) groups is 1. The summed E-state index contributed by atoms with van der Waals surface area (Å²) in [6.07, 6.45) is 4.63. The number of benzene rings is 2. The molecule has 3 aromatic rings. The first-order valence-electron chi connectivity index (χ1n) is 7.53. The van der Waals surface area contributed by atoms with E-state index < -0.39 is 10.9 Å². The largest absolute Gasteiger partial charge is 0.423 e. The highest BCUT2D eigenvalue weighted by Crippen LogP contribution is 2.23. The van der Waals surface area contributed by atoms with Crippen LogP contribution >= 0.6 is 0 Å². The molecule has 2 aromatic carbocycles. The fraction of sp³-hybridized carbons (Fsp3) is 0.0526. The number of ether oxygens (including phenoxy) is 1. The van der Waals surface area contributed by atoms with E-state index in [0.29, 0.717) is 5.56 Å². The first-order valence-corrected chi connectivity index (χ1v) is 7.53. The topological polar surface area (TPSA) is 82.3 Å². The Hall–Kier alpha value is -3.54. The summed E-state index contributed by atoms with van der Waals surface area (Å²) in [5, 5.41) is 11.8. The third-order valence-electron chi connectivity index (χ3n) is 3.65. The van der Waals surface area contributed by atoms with Gasteiger partial charge >= 0.3 is 5.97 Å². The Morgan fingerprint density at radius 3 is 2.76 bits per heavy atom. The number of carbonyl (C=O) groups excluding carboxylic acids is 1. The standard InChI is InChI=1S/C19H14N2O4/c1-13-12-16(8-9-17(13)21(23)24)25-18(22)10-7-15-5-2-4-14-6-3-11-20-19(14)15/h2-12H,1H3/b10-7+. The van der Waals surface area contributed by atoms with Crippen molar-refractivity contribution in [3.63, 3.8) is 0 Å². The van der Waals surface area contributed by atoms with Gasteiger partial charge in [0.05, 0.1) is 10.4 Å². The second kappa shape index (κ2) is 6.92. The van der Waals surface area contributed by atoms with Crippen molar-refractivity contribution in [2.45, 2.75) is 6.92 Å². The minimum Gasteiger partial charge on any atom is -0.423 e. The molecule has 0 fully saturated rings. The van der Waals surface area contributed by atoms with Crippen molar-refractivity contribution in [2.75, 3.05) is 0 Å². The normalized spacial score (nSPS) is 10.9. The van der Waals surface area contributed by atoms with Crippen LogP contribution in [0.3, 0.4) is 0 Å². The van der Waals surface area contributed by atoms with Crippen molar-refractivity contribution in [2.24, 2.45) is 0 Å². The minimum atomic E-state index is -0.568. The van der Waals surface area contributed by atoms with E-state index in [4.69, 9.17) is 4.74 Å². The number of aromatic nitrogens is 1. The predicted molar refractivity (Wildman–Crippen MR) is 94.2 cm³/mol. The van der Waals surface area contributed by atoms with Crippen molar-refractivity contribution in [3.8, 4) is 5.75 Å². The lowest BCUT2D eigenvalue weighted by Crippen LogP contribution is -2.04. The van der Waals surface area contributed by atoms with Gasteiger partial charge in [0.25, 0.3) is 5.69 Å². The summed E-state index contributed by atoms with van der Waals surface area (Å²) < 4.78 is 5.19. The Morgan fingerprint density at radius 1 is 1.20 bits per heavy atom. The highest BCUT2D eigenvalue weighted by molar-refractivity contribution is 5.93. The van der Waals surface area contributed by atoms with Crippen molar-refractivity contribution in [1.29, 1.82) is 0 Å². The van der Waals surface area contributed by atoms with Crippen LogP contribution < -0.4 is 4.74 Å². The zero-order valence-electron chi connectivity index (χ0n) is 13.4. The van der Waals surface area contributed by atoms with Crippen molar-refractivity contribution < 1.29 is 14.5 Å². The zero-order valence-corrected chi connectivity index (χ0v) is 13.4. The summed E-state index contributed by atoms with van der Waals surface area (Å²) in [6.45, 7) is 1.59. The molecule has 0 bridgehead atoms. The molecule has 0 saturated heterocycles. The maximum atomic E-state index is 12.0. The van der Waals surface area contributed by atoms with E-state index in [2.05, 4.69) is 4.98 Å². The maximum Gasteiger partial charge on any atom is 0.336 e. The second-order valence-corrected chi connectivity index (χ2v) is 5.38. The second-order valence-electron chi connectivity index (χ2n) is 5.38. The highest BCUT2D eigenvalue weighted by Gasteiger charge is 2.11. The van der Waals surface area contributed by atoms with Gasteiger partial charge in [-0.15, -0.1) is 0 Å². The number of para-hydroxylation sites is 1. The van der Waals surface area contributed by atoms with E-state index in [1.807, 2.05) is 30.3 Å². The van der Waals surface area contributed by atoms with E-state index in [-0.39, 0.29) is 11.4 Å². The summed E-state index contributed by atoms with van der Waals surface area (Å²) in [6, 6.07) is 13.6. The number of pyridine rings is 1. The molecule has 1 heterocycles. The molecule has 0 aliphatic carbocycles. The Balaban J connectivity index is 1.77. The SMILES string of the molecule is Cc1cc(OC(=O)/C=C/c2cccc3cccnc23)ccc1[N+](=O)[O-]. The summed E-state index contributed by atoms with van der Waals surface area (Å²) >= 11 is 0. The summed E-state index contributed by atoms with van der Waals surface area (Å²) in [4.78, 5) is 26.6. The van der Waals surface area contributed by atoms with Crippen LogP contribution in [0.4, 0.5) is 5.69 Å². The quantitative estimate of drug-likeness (QED) is 0.236. The first-order chi connectivity index (χ1) is 12.0. The summed E-state index contributed by atoms with van der Waals surface area (Å²) in [5.74, 6) is -0.310. The van der Waals surface area contributed by atoms with E-state index >= 15 is 0 Å². The van der Waals surface area contributed by atoms with Crippen LogP contribution in [0, 0.1) is 17.0 Å². The summed E-state index contributed by atoms with van der Waals surface area (Å²) in [5.41, 5.74) is 2.00. The van der Waals surface area contributed by atoms with E-state index in [1.165, 1.54) is 24.3 Å². The van der Waals surface area contributed by atoms with Gasteiger partial charge in [-0.05, 0) is 31.2 Å². The lowest BCUT2D eigenvalue weighted by Gasteiger charge is -2.03. The third kappa shape index (κ3) is 3.69. The number of nitro groups is 1. The van der Waals surface area contributed by atoms with Crippen LogP contribution in [0.1, 0.15) is 11.1 Å². The molecule has 0 aliphatic heterocycles. The highest BCUT2D eigenvalue weighted by atomic mass is 16.6. The van der Waals surface area contributed by atoms with Gasteiger partial charge in [0, 0.05) is 34.9 Å². The van der Waals surface area contributed by atoms with Crippen LogP contribution in [0.25, 0.3) is 17.0 Å². The van der Waals surface area contributed by atoms with Gasteiger partial charge in [0.2, 0.25) is 0 Å². The average Bonchev–Trinajstić information content (AvgIpc) is 2.59. The molecule has 25 heavy (non-hydrogen) atoms. The molecule has 0 amide bonds. The van der Waals surface area contributed by atoms with Crippen molar-refractivity contribution in [3.05, 3.63) is 82.0 Å². The molecule has 6 nitrogen and oxygen atoms in total. The molecule has 3 rings (SSSR count). The number of hydrogen-bond acceptors (Lipinski definition) is 5. The van der Waals surface area contributed by atoms with E-state index in [0.717, 1.165) is 16.5 Å². The van der Waals surface area contributed by atoms with Gasteiger partial charge in [-0.1, -0.05) is 24.3 Å². The lowest BCUT2D eigenvalue weighted by atomic mass is 10.1. The Morgan fingerprint density at radius 2 is 2.00 bits per heavy atom. The predicted octanol–water partition coefficient (Wildman–Crippen LogP) is 4.07. The first kappa shape index (κ1) is 16.3. The molecule has 0 saturated carbocycles. The number of aryl methyl sites for hydroxylation is 1. The monoisotopic (exact) mass is 334 g/mol. The van der Waals surface area contributed by atoms with Crippen LogP contribution in [-0.2, 0) is 4.79 Å². The number of hydrogen-bond donors (Lipinski definition) is 0. The molecule has 0 N–H and O–H groups in total. The molecule has 0 radical (unpaired) electrons. The molecule has 0 unspecified atom stereocenters. The smallest absolute Gasteiger partial charge is 0.336 e.